The standard InChI is InChI=1S/C59H38N4O/c1-4-17-38(18-5-1)55-44-35-36-48-54(52(44)43-23-10-13-28-49(43)60-55)53-42(24-16-27-47(53)59(48)45-25-11-14-29-50(45)64-51-30-15-12-26-46(51)59)37-31-33-41(34-32-37)58-62-56(39-19-6-2-7-20-39)61-57(63-58)40-21-8-3-9-22-40/h1-36,55,60H. The van der Waals surface area contributed by atoms with Crippen molar-refractivity contribution >= 4 is 5.69 Å². The Morgan fingerprint density at radius 3 is 1.48 bits per heavy atom. The van der Waals surface area contributed by atoms with Crippen LogP contribution < -0.4 is 10.1 Å². The van der Waals surface area contributed by atoms with Crippen molar-refractivity contribution in [2.24, 2.45) is 0 Å². The summed E-state index contributed by atoms with van der Waals surface area (Å²) >= 11 is 0. The predicted molar refractivity (Wildman–Crippen MR) is 256 cm³/mol. The van der Waals surface area contributed by atoms with Crippen molar-refractivity contribution in [3.63, 3.8) is 0 Å². The Bertz CT molecular complexity index is 3340. The summed E-state index contributed by atoms with van der Waals surface area (Å²) in [5, 5.41) is 3.95. The molecule has 13 rings (SSSR count). The Morgan fingerprint density at radius 1 is 0.359 bits per heavy atom. The molecule has 5 nitrogen and oxygen atoms in total. The third kappa shape index (κ3) is 5.41. The molecule has 2 aliphatic heterocycles. The Balaban J connectivity index is 1.06. The predicted octanol–water partition coefficient (Wildman–Crippen LogP) is 14.2. The summed E-state index contributed by atoms with van der Waals surface area (Å²) in [6, 6.07) is 77.4. The highest BCUT2D eigenvalue weighted by Gasteiger charge is 2.53. The maximum absolute atomic E-state index is 6.75. The van der Waals surface area contributed by atoms with Crippen molar-refractivity contribution in [3.8, 4) is 79.0 Å². The van der Waals surface area contributed by atoms with E-state index in [1.54, 1.807) is 0 Å². The van der Waals surface area contributed by atoms with E-state index in [0.29, 0.717) is 17.5 Å². The maximum Gasteiger partial charge on any atom is 0.164 e. The maximum atomic E-state index is 6.75. The average Bonchev–Trinajstić information content (AvgIpc) is 3.67. The SMILES string of the molecule is c1ccc(-c2nc(-c3ccccc3)nc(-c3ccc(-c4cccc5c4-c4c(ccc6c4-c4ccccc4NC6c4ccccc4)C54c5ccccc5Oc5ccccc54)cc3)n2)cc1. The van der Waals surface area contributed by atoms with Gasteiger partial charge in [0.25, 0.3) is 0 Å². The van der Waals surface area contributed by atoms with Crippen LogP contribution in [0.15, 0.2) is 218 Å². The summed E-state index contributed by atoms with van der Waals surface area (Å²) in [5.74, 6) is 3.66. The quantitative estimate of drug-likeness (QED) is 0.187. The van der Waals surface area contributed by atoms with E-state index in [1.807, 2.05) is 60.7 Å². The topological polar surface area (TPSA) is 59.9 Å². The van der Waals surface area contributed by atoms with Gasteiger partial charge in [-0.15, -0.1) is 0 Å². The summed E-state index contributed by atoms with van der Waals surface area (Å²) in [6.45, 7) is 0. The highest BCUT2D eigenvalue weighted by atomic mass is 16.5. The van der Waals surface area contributed by atoms with E-state index in [4.69, 9.17) is 19.7 Å². The van der Waals surface area contributed by atoms with E-state index in [0.717, 1.165) is 56.1 Å². The molecule has 64 heavy (non-hydrogen) atoms. The van der Waals surface area contributed by atoms with Crippen molar-refractivity contribution in [1.29, 1.82) is 0 Å². The number of nitrogens with one attached hydrogen (secondary N) is 1. The van der Waals surface area contributed by atoms with Gasteiger partial charge < -0.3 is 10.1 Å². The Kier molecular flexibility index (Phi) is 8.12. The minimum Gasteiger partial charge on any atom is -0.457 e. The molecule has 0 amide bonds. The number of ether oxygens (including phenoxy) is 1. The molecule has 10 aromatic rings. The first-order valence-electron chi connectivity index (χ1n) is 21.8. The van der Waals surface area contributed by atoms with Crippen LogP contribution >= 0.6 is 0 Å². The largest absolute Gasteiger partial charge is 0.457 e. The number of fused-ring (bicyclic) bond motifs is 13. The molecule has 300 valence electrons. The van der Waals surface area contributed by atoms with E-state index in [-0.39, 0.29) is 6.04 Å². The number of rotatable bonds is 5. The van der Waals surface area contributed by atoms with Crippen LogP contribution in [-0.2, 0) is 5.41 Å². The fourth-order valence-corrected chi connectivity index (χ4v) is 10.5. The molecular formula is C59H38N4O. The van der Waals surface area contributed by atoms with E-state index in [1.165, 1.54) is 44.5 Å². The lowest BCUT2D eigenvalue weighted by atomic mass is 9.65. The minimum atomic E-state index is -0.643. The van der Waals surface area contributed by atoms with Gasteiger partial charge in [0.2, 0.25) is 0 Å². The van der Waals surface area contributed by atoms with E-state index in [2.05, 4.69) is 163 Å². The van der Waals surface area contributed by atoms with Crippen LogP contribution in [0.4, 0.5) is 5.69 Å². The third-order valence-electron chi connectivity index (χ3n) is 13.3. The zero-order chi connectivity index (χ0) is 42.2. The summed E-state index contributed by atoms with van der Waals surface area (Å²) < 4.78 is 6.75. The van der Waals surface area contributed by atoms with Gasteiger partial charge in [-0.1, -0.05) is 200 Å². The van der Waals surface area contributed by atoms with Gasteiger partial charge in [-0.05, 0) is 68.3 Å². The molecule has 0 fully saturated rings. The van der Waals surface area contributed by atoms with Crippen LogP contribution in [0.1, 0.15) is 39.4 Å². The lowest BCUT2D eigenvalue weighted by molar-refractivity contribution is 0.436. The average molecular weight is 819 g/mol. The van der Waals surface area contributed by atoms with Gasteiger partial charge >= 0.3 is 0 Å². The summed E-state index contributed by atoms with van der Waals surface area (Å²) in [7, 11) is 0. The molecule has 1 spiro atoms. The van der Waals surface area contributed by atoms with Gasteiger partial charge in [-0.3, -0.25) is 0 Å². The molecule has 0 radical (unpaired) electrons. The lowest BCUT2D eigenvalue weighted by Gasteiger charge is -2.40. The smallest absolute Gasteiger partial charge is 0.164 e. The van der Waals surface area contributed by atoms with Crippen molar-refractivity contribution in [1.82, 2.24) is 15.0 Å². The van der Waals surface area contributed by atoms with Gasteiger partial charge in [0.15, 0.2) is 17.5 Å². The number of nitrogens with zero attached hydrogens (tertiary/aromatic N) is 3. The minimum absolute atomic E-state index is 0.0426. The molecule has 9 aromatic carbocycles. The van der Waals surface area contributed by atoms with Gasteiger partial charge in [0, 0.05) is 39.1 Å². The second-order valence-corrected chi connectivity index (χ2v) is 16.7. The molecule has 3 aliphatic rings. The first kappa shape index (κ1) is 36.3. The van der Waals surface area contributed by atoms with E-state index in [9.17, 15) is 0 Å². The first-order chi connectivity index (χ1) is 31.7. The second kappa shape index (κ2) is 14.3. The first-order valence-corrected chi connectivity index (χ1v) is 21.8. The van der Waals surface area contributed by atoms with Crippen LogP contribution in [0.25, 0.3) is 67.5 Å². The number of benzene rings is 9. The third-order valence-corrected chi connectivity index (χ3v) is 13.3. The van der Waals surface area contributed by atoms with Gasteiger partial charge in [-0.2, -0.15) is 0 Å². The molecule has 3 heterocycles. The van der Waals surface area contributed by atoms with Crippen molar-refractivity contribution < 1.29 is 4.74 Å². The van der Waals surface area contributed by atoms with Crippen LogP contribution in [0.2, 0.25) is 0 Å². The number of hydrogen-bond donors (Lipinski definition) is 1. The van der Waals surface area contributed by atoms with Crippen molar-refractivity contribution in [3.05, 3.63) is 252 Å². The molecular weight excluding hydrogens is 781 g/mol. The monoisotopic (exact) mass is 818 g/mol. The molecule has 5 heteroatoms. The molecule has 0 saturated heterocycles. The normalized spacial score (nSPS) is 14.5. The fraction of sp³-hybridized carbons (Fsp3) is 0.0339. The number of para-hydroxylation sites is 3. The van der Waals surface area contributed by atoms with Crippen molar-refractivity contribution in [2.75, 3.05) is 5.32 Å². The molecule has 1 unspecified atom stereocenters. The van der Waals surface area contributed by atoms with Crippen molar-refractivity contribution in [2.45, 2.75) is 11.5 Å². The zero-order valence-corrected chi connectivity index (χ0v) is 34.6. The second-order valence-electron chi connectivity index (χ2n) is 16.7. The van der Waals surface area contributed by atoms with E-state index < -0.39 is 5.41 Å². The summed E-state index contributed by atoms with van der Waals surface area (Å²) in [5.41, 5.74) is 17.7. The fourth-order valence-electron chi connectivity index (χ4n) is 10.5. The van der Waals surface area contributed by atoms with E-state index >= 15 is 0 Å². The van der Waals surface area contributed by atoms with Crippen LogP contribution in [0, 0.1) is 0 Å². The highest BCUT2D eigenvalue weighted by molar-refractivity contribution is 6.06. The van der Waals surface area contributed by atoms with Gasteiger partial charge in [0.05, 0.1) is 11.5 Å². The Morgan fingerprint density at radius 2 is 0.844 bits per heavy atom. The molecule has 0 saturated carbocycles. The van der Waals surface area contributed by atoms with Crippen LogP contribution in [0.3, 0.4) is 0 Å². The molecule has 1 aliphatic carbocycles. The molecule has 0 bridgehead atoms. The van der Waals surface area contributed by atoms with Crippen LogP contribution in [-0.4, -0.2) is 15.0 Å². The van der Waals surface area contributed by atoms with Crippen LogP contribution in [0.5, 0.6) is 11.5 Å². The number of hydrogen-bond acceptors (Lipinski definition) is 5. The summed E-state index contributed by atoms with van der Waals surface area (Å²) in [6.07, 6.45) is 0. The molecule has 1 aromatic heterocycles. The van der Waals surface area contributed by atoms with Gasteiger partial charge in [0.1, 0.15) is 11.5 Å². The lowest BCUT2D eigenvalue weighted by Crippen LogP contribution is -2.32. The highest BCUT2D eigenvalue weighted by Crippen LogP contribution is 2.66. The zero-order valence-electron chi connectivity index (χ0n) is 34.6. The number of anilines is 1. The Hall–Kier alpha value is -8.41. The molecule has 1 atom stereocenters. The van der Waals surface area contributed by atoms with Gasteiger partial charge in [-0.25, -0.2) is 15.0 Å². The molecule has 1 N–H and O–H groups in total. The Labute approximate surface area is 371 Å². The summed E-state index contributed by atoms with van der Waals surface area (Å²) in [4.78, 5) is 15.0. The number of aromatic nitrogens is 3.